The van der Waals surface area contributed by atoms with E-state index in [1.54, 1.807) is 0 Å². The summed E-state index contributed by atoms with van der Waals surface area (Å²) < 4.78 is 13.5. The molecule has 0 spiro atoms. The first-order chi connectivity index (χ1) is 9.49. The molecule has 0 bridgehead atoms. The van der Waals surface area contributed by atoms with Gasteiger partial charge >= 0.3 is 0 Å². The summed E-state index contributed by atoms with van der Waals surface area (Å²) in [4.78, 5) is 22.1. The zero-order valence-electron chi connectivity index (χ0n) is 9.97. The SMILES string of the molecule is O=C(Nc1cc(Cl)ccc1F)c1ccccc1[N+](=O)[O-]. The first kappa shape index (κ1) is 14.0. The van der Waals surface area contributed by atoms with Crippen LogP contribution < -0.4 is 5.32 Å². The second-order valence-electron chi connectivity index (χ2n) is 3.85. The Morgan fingerprint density at radius 3 is 2.65 bits per heavy atom. The lowest BCUT2D eigenvalue weighted by atomic mass is 10.1. The fourth-order valence-electron chi connectivity index (χ4n) is 1.61. The Hall–Kier alpha value is -2.47. The predicted octanol–water partition coefficient (Wildman–Crippen LogP) is 3.64. The number of hydrogen-bond acceptors (Lipinski definition) is 3. The van der Waals surface area contributed by atoms with Gasteiger partial charge in [-0.15, -0.1) is 0 Å². The topological polar surface area (TPSA) is 72.2 Å². The van der Waals surface area contributed by atoms with Crippen LogP contribution in [0, 0.1) is 15.9 Å². The van der Waals surface area contributed by atoms with E-state index >= 15 is 0 Å². The number of carbonyl (C=O) groups excluding carboxylic acids is 1. The minimum atomic E-state index is -0.779. The molecule has 5 nitrogen and oxygen atoms in total. The van der Waals surface area contributed by atoms with Gasteiger partial charge in [-0.3, -0.25) is 14.9 Å². The Morgan fingerprint density at radius 2 is 1.95 bits per heavy atom. The highest BCUT2D eigenvalue weighted by Crippen LogP contribution is 2.23. The van der Waals surface area contributed by atoms with Crippen LogP contribution in [0.5, 0.6) is 0 Å². The number of para-hydroxylation sites is 1. The summed E-state index contributed by atoms with van der Waals surface area (Å²) in [5.74, 6) is -1.46. The summed E-state index contributed by atoms with van der Waals surface area (Å²) in [6.45, 7) is 0. The Morgan fingerprint density at radius 1 is 1.25 bits per heavy atom. The van der Waals surface area contributed by atoms with E-state index in [1.165, 1.54) is 36.4 Å². The predicted molar refractivity (Wildman–Crippen MR) is 72.5 cm³/mol. The molecule has 0 aliphatic carbocycles. The molecular weight excluding hydrogens is 287 g/mol. The molecule has 1 amide bonds. The molecule has 0 heterocycles. The van der Waals surface area contributed by atoms with Crippen LogP contribution >= 0.6 is 11.6 Å². The Bertz CT molecular complexity index is 691. The quantitative estimate of drug-likeness (QED) is 0.694. The molecule has 2 rings (SSSR count). The zero-order valence-corrected chi connectivity index (χ0v) is 10.7. The van der Waals surface area contributed by atoms with Gasteiger partial charge in [-0.25, -0.2) is 4.39 Å². The van der Waals surface area contributed by atoms with E-state index in [0.29, 0.717) is 0 Å². The standard InChI is InChI=1S/C13H8ClFN2O3/c14-8-5-6-10(15)11(7-8)16-13(18)9-3-1-2-4-12(9)17(19)20/h1-7H,(H,16,18). The monoisotopic (exact) mass is 294 g/mol. The van der Waals surface area contributed by atoms with Gasteiger partial charge in [0.2, 0.25) is 0 Å². The average molecular weight is 295 g/mol. The van der Waals surface area contributed by atoms with E-state index in [4.69, 9.17) is 11.6 Å². The number of hydrogen-bond donors (Lipinski definition) is 1. The molecular formula is C13H8ClFN2O3. The van der Waals surface area contributed by atoms with Crippen molar-refractivity contribution in [2.24, 2.45) is 0 Å². The molecule has 20 heavy (non-hydrogen) atoms. The lowest BCUT2D eigenvalue weighted by Gasteiger charge is -2.07. The molecule has 102 valence electrons. The molecule has 0 fully saturated rings. The van der Waals surface area contributed by atoms with Gasteiger partial charge in [0.05, 0.1) is 10.6 Å². The third kappa shape index (κ3) is 2.92. The van der Waals surface area contributed by atoms with Gasteiger partial charge in [-0.2, -0.15) is 0 Å². The summed E-state index contributed by atoms with van der Waals surface area (Å²) in [7, 11) is 0. The summed E-state index contributed by atoms with van der Waals surface area (Å²) in [6, 6.07) is 9.06. The molecule has 1 N–H and O–H groups in total. The molecule has 2 aromatic carbocycles. The minimum Gasteiger partial charge on any atom is -0.319 e. The van der Waals surface area contributed by atoms with Gasteiger partial charge in [0.1, 0.15) is 11.4 Å². The van der Waals surface area contributed by atoms with Gasteiger partial charge in [0.15, 0.2) is 0 Å². The van der Waals surface area contributed by atoms with E-state index < -0.39 is 16.6 Å². The van der Waals surface area contributed by atoms with Crippen LogP contribution in [-0.2, 0) is 0 Å². The van der Waals surface area contributed by atoms with Gasteiger partial charge in [-0.1, -0.05) is 23.7 Å². The Kier molecular flexibility index (Phi) is 3.95. The van der Waals surface area contributed by atoms with Crippen molar-refractivity contribution < 1.29 is 14.1 Å². The van der Waals surface area contributed by atoms with Crippen LogP contribution in [0.3, 0.4) is 0 Å². The van der Waals surface area contributed by atoms with E-state index in [0.717, 1.165) is 6.07 Å². The van der Waals surface area contributed by atoms with Crippen molar-refractivity contribution in [3.63, 3.8) is 0 Å². The summed E-state index contributed by atoms with van der Waals surface area (Å²) >= 11 is 5.70. The van der Waals surface area contributed by atoms with E-state index in [2.05, 4.69) is 5.32 Å². The number of carbonyl (C=O) groups is 1. The van der Waals surface area contributed by atoms with Crippen LogP contribution in [0.4, 0.5) is 15.8 Å². The van der Waals surface area contributed by atoms with E-state index in [-0.39, 0.29) is 22.0 Å². The fourth-order valence-corrected chi connectivity index (χ4v) is 1.78. The smallest absolute Gasteiger partial charge is 0.282 e. The third-order valence-electron chi connectivity index (χ3n) is 2.52. The minimum absolute atomic E-state index is 0.138. The summed E-state index contributed by atoms with van der Waals surface area (Å²) in [5.41, 5.74) is -0.648. The molecule has 0 atom stereocenters. The van der Waals surface area contributed by atoms with Crippen LogP contribution in [0.25, 0.3) is 0 Å². The first-order valence-corrected chi connectivity index (χ1v) is 5.86. The van der Waals surface area contributed by atoms with E-state index in [9.17, 15) is 19.3 Å². The Labute approximate surface area is 118 Å². The second kappa shape index (κ2) is 5.66. The lowest BCUT2D eigenvalue weighted by molar-refractivity contribution is -0.385. The molecule has 0 saturated carbocycles. The lowest BCUT2D eigenvalue weighted by Crippen LogP contribution is -2.14. The second-order valence-corrected chi connectivity index (χ2v) is 4.29. The van der Waals surface area contributed by atoms with Crippen LogP contribution in [0.2, 0.25) is 5.02 Å². The van der Waals surface area contributed by atoms with Crippen molar-refractivity contribution >= 4 is 28.9 Å². The number of nitrogens with zero attached hydrogens (tertiary/aromatic N) is 1. The molecule has 0 aliphatic rings. The van der Waals surface area contributed by atoms with Gasteiger partial charge in [0.25, 0.3) is 11.6 Å². The molecule has 0 aromatic heterocycles. The van der Waals surface area contributed by atoms with Crippen molar-refractivity contribution in [2.45, 2.75) is 0 Å². The highest BCUT2D eigenvalue weighted by Gasteiger charge is 2.20. The maximum atomic E-state index is 13.5. The average Bonchev–Trinajstić information content (AvgIpc) is 2.42. The summed E-state index contributed by atoms with van der Waals surface area (Å²) in [5, 5.41) is 13.3. The number of halogens is 2. The number of anilines is 1. The molecule has 2 aromatic rings. The molecule has 0 saturated heterocycles. The van der Waals surface area contributed by atoms with E-state index in [1.807, 2.05) is 0 Å². The molecule has 0 radical (unpaired) electrons. The molecule has 0 unspecified atom stereocenters. The van der Waals surface area contributed by atoms with Crippen LogP contribution in [-0.4, -0.2) is 10.8 Å². The number of nitro groups is 1. The number of amides is 1. The van der Waals surface area contributed by atoms with Crippen molar-refractivity contribution in [3.8, 4) is 0 Å². The maximum Gasteiger partial charge on any atom is 0.282 e. The summed E-state index contributed by atoms with van der Waals surface area (Å²) in [6.07, 6.45) is 0. The van der Waals surface area contributed by atoms with Gasteiger partial charge in [-0.05, 0) is 24.3 Å². The largest absolute Gasteiger partial charge is 0.319 e. The van der Waals surface area contributed by atoms with Crippen molar-refractivity contribution in [1.82, 2.24) is 0 Å². The van der Waals surface area contributed by atoms with Gasteiger partial charge in [0, 0.05) is 11.1 Å². The van der Waals surface area contributed by atoms with Crippen molar-refractivity contribution in [3.05, 3.63) is 69.0 Å². The van der Waals surface area contributed by atoms with Crippen molar-refractivity contribution in [2.75, 3.05) is 5.32 Å². The highest BCUT2D eigenvalue weighted by molar-refractivity contribution is 6.31. The number of nitrogens with one attached hydrogen (secondary N) is 1. The number of nitro benzene ring substituents is 1. The fraction of sp³-hybridized carbons (Fsp3) is 0. The molecule has 7 heteroatoms. The number of benzene rings is 2. The maximum absolute atomic E-state index is 13.5. The van der Waals surface area contributed by atoms with Crippen molar-refractivity contribution in [1.29, 1.82) is 0 Å². The highest BCUT2D eigenvalue weighted by atomic mass is 35.5. The normalized spacial score (nSPS) is 10.1. The van der Waals surface area contributed by atoms with Crippen LogP contribution in [0.15, 0.2) is 42.5 Å². The third-order valence-corrected chi connectivity index (χ3v) is 2.76. The molecule has 0 aliphatic heterocycles. The zero-order chi connectivity index (χ0) is 14.7. The first-order valence-electron chi connectivity index (χ1n) is 5.49. The van der Waals surface area contributed by atoms with Gasteiger partial charge < -0.3 is 5.32 Å². The van der Waals surface area contributed by atoms with Crippen LogP contribution in [0.1, 0.15) is 10.4 Å². The Balaban J connectivity index is 2.33. The number of rotatable bonds is 3.